The first-order chi connectivity index (χ1) is 6.72. The zero-order valence-electron chi connectivity index (χ0n) is 8.66. The molecular weight excluding hydrogens is 174 g/mol. The zero-order chi connectivity index (χ0) is 10.1. The normalized spacial score (nSPS) is 10.5. The number of fused-ring (bicyclic) bond motifs is 1. The molecular formula is C12H13NO. The molecule has 0 aliphatic heterocycles. The van der Waals surface area contributed by atoms with Crippen LogP contribution in [0.1, 0.15) is 11.1 Å². The van der Waals surface area contributed by atoms with E-state index in [0.29, 0.717) is 0 Å². The third-order valence-electron chi connectivity index (χ3n) is 2.39. The number of nitrogens with zero attached hydrogens (tertiary/aromatic N) is 1. The predicted octanol–water partition coefficient (Wildman–Crippen LogP) is 2.86. The first-order valence-corrected chi connectivity index (χ1v) is 4.62. The van der Waals surface area contributed by atoms with E-state index in [9.17, 15) is 0 Å². The van der Waals surface area contributed by atoms with Crippen LogP contribution in [0.3, 0.4) is 0 Å². The highest BCUT2D eigenvalue weighted by molar-refractivity contribution is 5.87. The average Bonchev–Trinajstić information content (AvgIpc) is 2.19. The molecule has 0 bridgehead atoms. The van der Waals surface area contributed by atoms with Crippen molar-refractivity contribution in [3.8, 4) is 5.75 Å². The van der Waals surface area contributed by atoms with Gasteiger partial charge in [-0.25, -0.2) is 0 Å². The minimum atomic E-state index is 0.839. The van der Waals surface area contributed by atoms with E-state index in [1.807, 2.05) is 19.2 Å². The van der Waals surface area contributed by atoms with Gasteiger partial charge in [0.1, 0.15) is 11.3 Å². The van der Waals surface area contributed by atoms with Crippen LogP contribution in [0.2, 0.25) is 0 Å². The van der Waals surface area contributed by atoms with Gasteiger partial charge in [-0.1, -0.05) is 6.07 Å². The second-order valence-corrected chi connectivity index (χ2v) is 3.49. The van der Waals surface area contributed by atoms with Gasteiger partial charge in [0.25, 0.3) is 0 Å². The monoisotopic (exact) mass is 187 g/mol. The summed E-state index contributed by atoms with van der Waals surface area (Å²) in [5, 5.41) is 1.17. The Morgan fingerprint density at radius 2 is 2.00 bits per heavy atom. The van der Waals surface area contributed by atoms with Gasteiger partial charge >= 0.3 is 0 Å². The van der Waals surface area contributed by atoms with Crippen LogP contribution in [-0.2, 0) is 0 Å². The van der Waals surface area contributed by atoms with E-state index in [-0.39, 0.29) is 0 Å². The van der Waals surface area contributed by atoms with E-state index >= 15 is 0 Å². The number of ether oxygens (including phenoxy) is 1. The summed E-state index contributed by atoms with van der Waals surface area (Å²) in [5.74, 6) is 0.839. The molecule has 0 aliphatic carbocycles. The van der Waals surface area contributed by atoms with Crippen LogP contribution in [0.25, 0.3) is 10.9 Å². The molecule has 2 nitrogen and oxygen atoms in total. The molecule has 0 aliphatic rings. The van der Waals surface area contributed by atoms with E-state index in [1.165, 1.54) is 16.5 Å². The summed E-state index contributed by atoms with van der Waals surface area (Å²) in [6.45, 7) is 4.13. The summed E-state index contributed by atoms with van der Waals surface area (Å²) in [4.78, 5) is 4.39. The molecule has 0 atom stereocenters. The molecule has 1 heterocycles. The number of methoxy groups -OCH3 is 1. The van der Waals surface area contributed by atoms with Gasteiger partial charge in [0.15, 0.2) is 0 Å². The van der Waals surface area contributed by atoms with Crippen molar-refractivity contribution in [1.82, 2.24) is 4.98 Å². The van der Waals surface area contributed by atoms with E-state index in [4.69, 9.17) is 4.74 Å². The summed E-state index contributed by atoms with van der Waals surface area (Å²) < 4.78 is 5.26. The van der Waals surface area contributed by atoms with Crippen LogP contribution in [-0.4, -0.2) is 12.1 Å². The quantitative estimate of drug-likeness (QED) is 0.684. The second-order valence-electron chi connectivity index (χ2n) is 3.49. The molecule has 0 spiro atoms. The highest BCUT2D eigenvalue weighted by atomic mass is 16.5. The molecule has 0 unspecified atom stereocenters. The summed E-state index contributed by atoms with van der Waals surface area (Å²) in [6.07, 6.45) is 1.87. The first kappa shape index (κ1) is 9.00. The Balaban J connectivity index is 2.84. The Bertz CT molecular complexity index is 477. The van der Waals surface area contributed by atoms with Gasteiger partial charge in [0, 0.05) is 11.6 Å². The molecule has 1 aromatic heterocycles. The maximum absolute atomic E-state index is 5.26. The van der Waals surface area contributed by atoms with Crippen LogP contribution < -0.4 is 4.74 Å². The lowest BCUT2D eigenvalue weighted by Gasteiger charge is -2.07. The van der Waals surface area contributed by atoms with E-state index in [1.54, 1.807) is 7.11 Å². The third-order valence-corrected chi connectivity index (χ3v) is 2.39. The Kier molecular flexibility index (Phi) is 2.12. The number of benzene rings is 1. The summed E-state index contributed by atoms with van der Waals surface area (Å²) in [6, 6.07) is 6.16. The highest BCUT2D eigenvalue weighted by Gasteiger charge is 2.04. The van der Waals surface area contributed by atoms with Gasteiger partial charge in [0.2, 0.25) is 0 Å². The molecule has 2 aromatic rings. The Hall–Kier alpha value is -1.57. The van der Waals surface area contributed by atoms with E-state index < -0.39 is 0 Å². The molecule has 0 N–H and O–H groups in total. The maximum atomic E-state index is 5.26. The van der Waals surface area contributed by atoms with E-state index in [2.05, 4.69) is 24.0 Å². The van der Waals surface area contributed by atoms with Crippen molar-refractivity contribution in [2.45, 2.75) is 13.8 Å². The van der Waals surface area contributed by atoms with Gasteiger partial charge in [-0.15, -0.1) is 0 Å². The molecule has 14 heavy (non-hydrogen) atoms. The van der Waals surface area contributed by atoms with Gasteiger partial charge < -0.3 is 4.74 Å². The largest absolute Gasteiger partial charge is 0.494 e. The predicted molar refractivity (Wildman–Crippen MR) is 57.8 cm³/mol. The van der Waals surface area contributed by atoms with Crippen LogP contribution in [0.4, 0.5) is 0 Å². The SMILES string of the molecule is COc1ccc(C)c2cc(C)cnc12. The fourth-order valence-corrected chi connectivity index (χ4v) is 1.60. The summed E-state index contributed by atoms with van der Waals surface area (Å²) in [7, 11) is 1.67. The van der Waals surface area contributed by atoms with Crippen molar-refractivity contribution in [2.75, 3.05) is 7.11 Å². The molecule has 0 saturated heterocycles. The smallest absolute Gasteiger partial charge is 0.145 e. The molecule has 0 fully saturated rings. The van der Waals surface area contributed by atoms with Crippen molar-refractivity contribution < 1.29 is 4.74 Å². The van der Waals surface area contributed by atoms with Gasteiger partial charge in [-0.3, -0.25) is 4.98 Å². The topological polar surface area (TPSA) is 22.1 Å². The number of pyridine rings is 1. The highest BCUT2D eigenvalue weighted by Crippen LogP contribution is 2.26. The fraction of sp³-hybridized carbons (Fsp3) is 0.250. The minimum absolute atomic E-state index is 0.839. The lowest BCUT2D eigenvalue weighted by atomic mass is 10.1. The van der Waals surface area contributed by atoms with Gasteiger partial charge in [0.05, 0.1) is 7.11 Å². The van der Waals surface area contributed by atoms with Crippen LogP contribution in [0, 0.1) is 13.8 Å². The average molecular weight is 187 g/mol. The molecule has 2 heteroatoms. The lowest BCUT2D eigenvalue weighted by Crippen LogP contribution is -1.90. The molecule has 1 aromatic carbocycles. The van der Waals surface area contributed by atoms with Crippen molar-refractivity contribution >= 4 is 10.9 Å². The van der Waals surface area contributed by atoms with Crippen LogP contribution >= 0.6 is 0 Å². The van der Waals surface area contributed by atoms with Crippen molar-refractivity contribution in [3.05, 3.63) is 35.5 Å². The maximum Gasteiger partial charge on any atom is 0.145 e. The van der Waals surface area contributed by atoms with Crippen molar-refractivity contribution in [2.24, 2.45) is 0 Å². The first-order valence-electron chi connectivity index (χ1n) is 4.62. The summed E-state index contributed by atoms with van der Waals surface area (Å²) >= 11 is 0. The fourth-order valence-electron chi connectivity index (χ4n) is 1.60. The van der Waals surface area contributed by atoms with Crippen LogP contribution in [0.5, 0.6) is 5.75 Å². The summed E-state index contributed by atoms with van der Waals surface area (Å²) in [5.41, 5.74) is 3.35. The van der Waals surface area contributed by atoms with Crippen molar-refractivity contribution in [1.29, 1.82) is 0 Å². The van der Waals surface area contributed by atoms with Gasteiger partial charge in [-0.05, 0) is 37.1 Å². The van der Waals surface area contributed by atoms with Crippen LogP contribution in [0.15, 0.2) is 24.4 Å². The molecule has 2 rings (SSSR count). The lowest BCUT2D eigenvalue weighted by molar-refractivity contribution is 0.419. The Labute approximate surface area is 83.5 Å². The third kappa shape index (κ3) is 1.33. The Morgan fingerprint density at radius 1 is 1.21 bits per heavy atom. The number of hydrogen-bond donors (Lipinski definition) is 0. The molecule has 0 amide bonds. The zero-order valence-corrected chi connectivity index (χ0v) is 8.66. The molecule has 0 radical (unpaired) electrons. The minimum Gasteiger partial charge on any atom is -0.494 e. The number of hydrogen-bond acceptors (Lipinski definition) is 2. The van der Waals surface area contributed by atoms with Gasteiger partial charge in [-0.2, -0.15) is 0 Å². The number of aromatic nitrogens is 1. The molecule has 72 valence electrons. The van der Waals surface area contributed by atoms with Crippen molar-refractivity contribution in [3.63, 3.8) is 0 Å². The number of aryl methyl sites for hydroxylation is 2. The number of rotatable bonds is 1. The Morgan fingerprint density at radius 3 is 2.71 bits per heavy atom. The standard InChI is InChI=1S/C12H13NO/c1-8-6-10-9(2)4-5-11(14-3)12(10)13-7-8/h4-7H,1-3H3. The van der Waals surface area contributed by atoms with E-state index in [0.717, 1.165) is 11.3 Å². The second kappa shape index (κ2) is 3.29. The molecule has 0 saturated carbocycles.